The molecule has 2 rings (SSSR count). The fourth-order valence-corrected chi connectivity index (χ4v) is 3.71. The van der Waals surface area contributed by atoms with Crippen LogP contribution in [0.5, 0.6) is 0 Å². The van der Waals surface area contributed by atoms with Crippen LogP contribution in [0.2, 0.25) is 0 Å². The number of rotatable bonds is 6. The molecule has 1 saturated carbocycles. The average molecular weight is 285 g/mol. The molecule has 1 aliphatic carbocycles. The molecule has 4 heteroatoms. The van der Waals surface area contributed by atoms with Crippen LogP contribution in [0.4, 0.5) is 0 Å². The van der Waals surface area contributed by atoms with Gasteiger partial charge in [0.1, 0.15) is 0 Å². The van der Waals surface area contributed by atoms with E-state index in [2.05, 4.69) is 18.7 Å². The Bertz CT molecular complexity index is 294. The zero-order valence-corrected chi connectivity index (χ0v) is 13.4. The fraction of sp³-hybridized carbons (Fsp3) is 1.00. The molecule has 20 heavy (non-hydrogen) atoms. The van der Waals surface area contributed by atoms with Gasteiger partial charge in [0.2, 0.25) is 0 Å². The standard InChI is InChI=1S/C16H31NO3/c1-15(2,19-3)9-6-14(18)16(7-4-5-8-16)17-10-12-20-13-11-17/h14,18H,4-13H2,1-3H3. The van der Waals surface area contributed by atoms with E-state index in [0.29, 0.717) is 0 Å². The van der Waals surface area contributed by atoms with E-state index < -0.39 is 0 Å². The third kappa shape index (κ3) is 3.53. The molecule has 1 saturated heterocycles. The first-order chi connectivity index (χ1) is 9.50. The number of hydrogen-bond donors (Lipinski definition) is 1. The van der Waals surface area contributed by atoms with Crippen molar-refractivity contribution in [3.05, 3.63) is 0 Å². The molecule has 2 fully saturated rings. The Morgan fingerprint density at radius 1 is 1.25 bits per heavy atom. The minimum Gasteiger partial charge on any atom is -0.391 e. The molecule has 0 aromatic rings. The summed E-state index contributed by atoms with van der Waals surface area (Å²) in [6.45, 7) is 7.72. The van der Waals surface area contributed by atoms with Gasteiger partial charge in [-0.15, -0.1) is 0 Å². The summed E-state index contributed by atoms with van der Waals surface area (Å²) in [5, 5.41) is 10.9. The number of aliphatic hydroxyl groups is 1. The topological polar surface area (TPSA) is 41.9 Å². The maximum Gasteiger partial charge on any atom is 0.0724 e. The van der Waals surface area contributed by atoms with Crippen LogP contribution in [-0.4, -0.2) is 60.7 Å². The van der Waals surface area contributed by atoms with E-state index >= 15 is 0 Å². The summed E-state index contributed by atoms with van der Waals surface area (Å²) in [6.07, 6.45) is 6.19. The SMILES string of the molecule is COC(C)(C)CCC(O)C1(N2CCOCC2)CCCC1. The molecule has 1 N–H and O–H groups in total. The van der Waals surface area contributed by atoms with Crippen molar-refractivity contribution in [2.45, 2.75) is 69.6 Å². The van der Waals surface area contributed by atoms with Crippen molar-refractivity contribution in [2.24, 2.45) is 0 Å². The number of ether oxygens (including phenoxy) is 2. The van der Waals surface area contributed by atoms with Gasteiger partial charge in [-0.25, -0.2) is 0 Å². The minimum absolute atomic E-state index is 0.00635. The quantitative estimate of drug-likeness (QED) is 0.812. The molecule has 0 radical (unpaired) electrons. The maximum absolute atomic E-state index is 10.9. The summed E-state index contributed by atoms with van der Waals surface area (Å²) in [5.41, 5.74) is -0.153. The zero-order chi connectivity index (χ0) is 14.6. The van der Waals surface area contributed by atoms with Gasteiger partial charge in [0.05, 0.1) is 24.9 Å². The van der Waals surface area contributed by atoms with Gasteiger partial charge in [-0.05, 0) is 39.5 Å². The average Bonchev–Trinajstić information content (AvgIpc) is 2.97. The highest BCUT2D eigenvalue weighted by Gasteiger charge is 2.45. The summed E-state index contributed by atoms with van der Waals surface area (Å²) in [7, 11) is 1.75. The molecule has 0 aromatic carbocycles. The molecule has 4 nitrogen and oxygen atoms in total. The molecular formula is C16H31NO3. The number of morpholine rings is 1. The van der Waals surface area contributed by atoms with Crippen LogP contribution < -0.4 is 0 Å². The first kappa shape index (κ1) is 16.2. The Kier molecular flexibility index (Phi) is 5.46. The third-order valence-electron chi connectivity index (χ3n) is 5.30. The molecule has 1 unspecified atom stereocenters. The van der Waals surface area contributed by atoms with Crippen LogP contribution in [0.25, 0.3) is 0 Å². The number of hydrogen-bond acceptors (Lipinski definition) is 4. The van der Waals surface area contributed by atoms with Crippen LogP contribution in [0, 0.1) is 0 Å². The van der Waals surface area contributed by atoms with Gasteiger partial charge in [-0.3, -0.25) is 4.90 Å². The minimum atomic E-state index is -0.252. The summed E-state index contributed by atoms with van der Waals surface area (Å²) in [6, 6.07) is 0. The van der Waals surface area contributed by atoms with Crippen molar-refractivity contribution in [1.82, 2.24) is 4.90 Å². The molecule has 1 aliphatic heterocycles. The normalized spacial score (nSPS) is 25.8. The van der Waals surface area contributed by atoms with Crippen molar-refractivity contribution < 1.29 is 14.6 Å². The van der Waals surface area contributed by atoms with Gasteiger partial charge in [-0.2, -0.15) is 0 Å². The number of aliphatic hydroxyl groups excluding tert-OH is 1. The maximum atomic E-state index is 10.9. The second-order valence-electron chi connectivity index (χ2n) is 6.93. The summed E-state index contributed by atoms with van der Waals surface area (Å²) < 4.78 is 11.0. The monoisotopic (exact) mass is 285 g/mol. The second kappa shape index (κ2) is 6.73. The summed E-state index contributed by atoms with van der Waals surface area (Å²) in [4.78, 5) is 2.49. The fourth-order valence-electron chi connectivity index (χ4n) is 3.71. The molecule has 0 amide bonds. The number of nitrogens with zero attached hydrogens (tertiary/aromatic N) is 1. The van der Waals surface area contributed by atoms with E-state index in [4.69, 9.17) is 9.47 Å². The van der Waals surface area contributed by atoms with Gasteiger partial charge in [-0.1, -0.05) is 12.8 Å². The van der Waals surface area contributed by atoms with E-state index in [9.17, 15) is 5.11 Å². The first-order valence-corrected chi connectivity index (χ1v) is 8.06. The van der Waals surface area contributed by atoms with Crippen molar-refractivity contribution in [3.63, 3.8) is 0 Å². The van der Waals surface area contributed by atoms with Crippen LogP contribution in [0.3, 0.4) is 0 Å². The van der Waals surface area contributed by atoms with E-state index in [0.717, 1.165) is 52.0 Å². The Labute approximate surface area is 123 Å². The summed E-state index contributed by atoms with van der Waals surface area (Å²) >= 11 is 0. The van der Waals surface area contributed by atoms with Crippen molar-refractivity contribution in [3.8, 4) is 0 Å². The Balaban J connectivity index is 2.00. The van der Waals surface area contributed by atoms with Gasteiger partial charge >= 0.3 is 0 Å². The molecule has 0 bridgehead atoms. The van der Waals surface area contributed by atoms with E-state index in [-0.39, 0.29) is 17.2 Å². The predicted octanol–water partition coefficient (Wildman–Crippen LogP) is 2.20. The van der Waals surface area contributed by atoms with E-state index in [1.807, 2.05) is 0 Å². The zero-order valence-electron chi connectivity index (χ0n) is 13.4. The highest BCUT2D eigenvalue weighted by Crippen LogP contribution is 2.40. The largest absolute Gasteiger partial charge is 0.391 e. The lowest BCUT2D eigenvalue weighted by molar-refractivity contribution is -0.0855. The van der Waals surface area contributed by atoms with E-state index in [1.54, 1.807) is 7.11 Å². The lowest BCUT2D eigenvalue weighted by Gasteiger charge is -2.46. The van der Waals surface area contributed by atoms with Crippen molar-refractivity contribution in [1.29, 1.82) is 0 Å². The molecule has 1 atom stereocenters. The highest BCUT2D eigenvalue weighted by molar-refractivity contribution is 5.01. The summed E-state index contributed by atoms with van der Waals surface area (Å²) in [5.74, 6) is 0. The third-order valence-corrected chi connectivity index (χ3v) is 5.30. The molecule has 118 valence electrons. The number of methoxy groups -OCH3 is 1. The predicted molar refractivity (Wildman–Crippen MR) is 79.9 cm³/mol. The van der Waals surface area contributed by atoms with Crippen LogP contribution in [0.1, 0.15) is 52.4 Å². The second-order valence-corrected chi connectivity index (χ2v) is 6.93. The van der Waals surface area contributed by atoms with Gasteiger partial charge in [0.25, 0.3) is 0 Å². The molecular weight excluding hydrogens is 254 g/mol. The van der Waals surface area contributed by atoms with Crippen LogP contribution in [0.15, 0.2) is 0 Å². The van der Waals surface area contributed by atoms with E-state index in [1.165, 1.54) is 12.8 Å². The Morgan fingerprint density at radius 3 is 2.40 bits per heavy atom. The lowest BCUT2D eigenvalue weighted by atomic mass is 9.83. The first-order valence-electron chi connectivity index (χ1n) is 8.06. The Morgan fingerprint density at radius 2 is 1.85 bits per heavy atom. The smallest absolute Gasteiger partial charge is 0.0724 e. The molecule has 2 aliphatic rings. The van der Waals surface area contributed by atoms with Gasteiger partial charge < -0.3 is 14.6 Å². The van der Waals surface area contributed by atoms with Crippen LogP contribution >= 0.6 is 0 Å². The molecule has 0 spiro atoms. The molecule has 0 aromatic heterocycles. The van der Waals surface area contributed by atoms with Gasteiger partial charge in [0, 0.05) is 25.7 Å². The van der Waals surface area contributed by atoms with Gasteiger partial charge in [0.15, 0.2) is 0 Å². The Hall–Kier alpha value is -0.160. The lowest BCUT2D eigenvalue weighted by Crippen LogP contribution is -2.58. The van der Waals surface area contributed by atoms with Crippen molar-refractivity contribution >= 4 is 0 Å². The van der Waals surface area contributed by atoms with Crippen LogP contribution in [-0.2, 0) is 9.47 Å². The molecule has 1 heterocycles. The highest BCUT2D eigenvalue weighted by atomic mass is 16.5. The van der Waals surface area contributed by atoms with Crippen molar-refractivity contribution in [2.75, 3.05) is 33.4 Å².